The molecule has 0 saturated carbocycles. The molecule has 0 aliphatic heterocycles. The van der Waals surface area contributed by atoms with Gasteiger partial charge in [-0.25, -0.2) is 0 Å². The Morgan fingerprint density at radius 3 is 2.22 bits per heavy atom. The Labute approximate surface area is 105 Å². The monoisotopic (exact) mass is 251 g/mol. The molecule has 0 fully saturated rings. The fourth-order valence-electron chi connectivity index (χ4n) is 1.62. The number of carboxylic acid groups (broad SMARTS) is 1. The van der Waals surface area contributed by atoms with Gasteiger partial charge in [0.15, 0.2) is 5.78 Å². The van der Waals surface area contributed by atoms with E-state index in [1.807, 2.05) is 6.92 Å². The van der Waals surface area contributed by atoms with Crippen LogP contribution >= 0.6 is 0 Å². The summed E-state index contributed by atoms with van der Waals surface area (Å²) in [6.45, 7) is 1.83. The third kappa shape index (κ3) is 3.23. The number of hydrogen-bond donors (Lipinski definition) is 0. The number of rotatable bonds is 6. The summed E-state index contributed by atoms with van der Waals surface area (Å²) >= 11 is 0. The van der Waals surface area contributed by atoms with E-state index >= 15 is 0 Å². The summed E-state index contributed by atoms with van der Waals surface area (Å²) in [6.07, 6.45) is -0.427. The summed E-state index contributed by atoms with van der Waals surface area (Å²) in [5.41, 5.74) is 1.16. The van der Waals surface area contributed by atoms with Crippen LogP contribution in [0.4, 0.5) is 0 Å². The van der Waals surface area contributed by atoms with Crippen molar-refractivity contribution >= 4 is 11.8 Å². The summed E-state index contributed by atoms with van der Waals surface area (Å²) < 4.78 is 10.2. The Morgan fingerprint density at radius 1 is 1.11 bits per heavy atom. The lowest BCUT2D eigenvalue weighted by molar-refractivity contribution is -0.305. The minimum atomic E-state index is -1.25. The van der Waals surface area contributed by atoms with Gasteiger partial charge in [-0.1, -0.05) is 0 Å². The molecule has 98 valence electrons. The molecule has 0 heterocycles. The van der Waals surface area contributed by atoms with Gasteiger partial charge in [-0.15, -0.1) is 0 Å². The van der Waals surface area contributed by atoms with Gasteiger partial charge in [0.2, 0.25) is 0 Å². The second-order valence-corrected chi connectivity index (χ2v) is 3.82. The highest BCUT2D eigenvalue weighted by Crippen LogP contribution is 2.29. The molecule has 1 rings (SSSR count). The topological polar surface area (TPSA) is 75.7 Å². The van der Waals surface area contributed by atoms with Gasteiger partial charge in [0.05, 0.1) is 19.8 Å². The molecule has 0 amide bonds. The van der Waals surface area contributed by atoms with Crippen molar-refractivity contribution in [2.45, 2.75) is 19.8 Å². The van der Waals surface area contributed by atoms with Crippen LogP contribution in [0, 0.1) is 6.92 Å². The normalized spacial score (nSPS) is 9.94. The molecule has 1 aromatic carbocycles. The number of methoxy groups -OCH3 is 2. The first kappa shape index (κ1) is 14.0. The zero-order valence-corrected chi connectivity index (χ0v) is 10.6. The number of hydrogen-bond acceptors (Lipinski definition) is 5. The highest BCUT2D eigenvalue weighted by atomic mass is 16.5. The zero-order chi connectivity index (χ0) is 13.7. The van der Waals surface area contributed by atoms with Crippen LogP contribution in [0.5, 0.6) is 11.5 Å². The number of aliphatic carboxylic acids is 1. The number of aryl methyl sites for hydroxylation is 1. The van der Waals surface area contributed by atoms with Crippen molar-refractivity contribution in [2.24, 2.45) is 0 Å². The van der Waals surface area contributed by atoms with E-state index in [4.69, 9.17) is 9.47 Å². The molecule has 0 aromatic heterocycles. The number of carboxylic acids is 1. The van der Waals surface area contributed by atoms with Crippen molar-refractivity contribution in [1.82, 2.24) is 0 Å². The molecule has 0 bridgehead atoms. The standard InChI is InChI=1S/C13H16O5/c1-8-6-12(18-3)9(7-11(8)17-2)10(14)4-5-13(15)16/h6-7H,4-5H2,1-3H3,(H,15,16)/p-1. The average molecular weight is 251 g/mol. The lowest BCUT2D eigenvalue weighted by atomic mass is 10.0. The van der Waals surface area contributed by atoms with Crippen molar-refractivity contribution in [1.29, 1.82) is 0 Å². The molecule has 0 aliphatic rings. The Hall–Kier alpha value is -2.04. The maximum absolute atomic E-state index is 11.9. The third-order valence-corrected chi connectivity index (χ3v) is 2.57. The summed E-state index contributed by atoms with van der Waals surface area (Å²) in [5.74, 6) is -0.583. The maximum atomic E-state index is 11.9. The van der Waals surface area contributed by atoms with E-state index in [0.29, 0.717) is 17.1 Å². The molecule has 0 spiro atoms. The lowest BCUT2D eigenvalue weighted by Gasteiger charge is -2.12. The van der Waals surface area contributed by atoms with Crippen LogP contribution in [-0.4, -0.2) is 26.0 Å². The van der Waals surface area contributed by atoms with E-state index in [-0.39, 0.29) is 18.6 Å². The van der Waals surface area contributed by atoms with Crippen molar-refractivity contribution in [3.63, 3.8) is 0 Å². The third-order valence-electron chi connectivity index (χ3n) is 2.57. The first-order valence-corrected chi connectivity index (χ1v) is 5.45. The van der Waals surface area contributed by atoms with Gasteiger partial charge < -0.3 is 19.4 Å². The highest BCUT2D eigenvalue weighted by Gasteiger charge is 2.15. The van der Waals surface area contributed by atoms with E-state index in [9.17, 15) is 14.7 Å². The Bertz CT molecular complexity index is 465. The van der Waals surface area contributed by atoms with Crippen LogP contribution < -0.4 is 14.6 Å². The van der Waals surface area contributed by atoms with Crippen molar-refractivity contribution in [2.75, 3.05) is 14.2 Å². The molecule has 5 heteroatoms. The first-order valence-electron chi connectivity index (χ1n) is 5.45. The molecule has 0 unspecified atom stereocenters. The van der Waals surface area contributed by atoms with Crippen LogP contribution in [0.3, 0.4) is 0 Å². The van der Waals surface area contributed by atoms with Crippen LogP contribution in [0.2, 0.25) is 0 Å². The Kier molecular flexibility index (Phi) is 4.71. The van der Waals surface area contributed by atoms with Crippen LogP contribution in [-0.2, 0) is 4.79 Å². The molecule has 0 saturated heterocycles. The van der Waals surface area contributed by atoms with Gasteiger partial charge >= 0.3 is 0 Å². The highest BCUT2D eigenvalue weighted by molar-refractivity contribution is 6.00. The average Bonchev–Trinajstić information content (AvgIpc) is 2.35. The maximum Gasteiger partial charge on any atom is 0.167 e. The van der Waals surface area contributed by atoms with Gasteiger partial charge in [-0.3, -0.25) is 4.79 Å². The molecule has 5 nitrogen and oxygen atoms in total. The Balaban J connectivity index is 3.05. The molecular weight excluding hydrogens is 236 g/mol. The van der Waals surface area contributed by atoms with E-state index < -0.39 is 5.97 Å². The number of benzene rings is 1. The van der Waals surface area contributed by atoms with Gasteiger partial charge in [-0.05, 0) is 31.0 Å². The summed E-state index contributed by atoms with van der Waals surface area (Å²) in [6, 6.07) is 3.25. The zero-order valence-electron chi connectivity index (χ0n) is 10.6. The SMILES string of the molecule is COc1cc(C(=O)CCC(=O)[O-])c(OC)cc1C. The fourth-order valence-corrected chi connectivity index (χ4v) is 1.62. The molecule has 0 atom stereocenters. The quantitative estimate of drug-likeness (QED) is 0.696. The number of ketones is 1. The second kappa shape index (κ2) is 6.05. The van der Waals surface area contributed by atoms with Crippen molar-refractivity contribution in [3.8, 4) is 11.5 Å². The minimum absolute atomic E-state index is 0.120. The summed E-state index contributed by atoms with van der Waals surface area (Å²) in [7, 11) is 2.96. The summed E-state index contributed by atoms with van der Waals surface area (Å²) in [4.78, 5) is 22.2. The van der Waals surface area contributed by atoms with E-state index in [1.54, 1.807) is 12.1 Å². The van der Waals surface area contributed by atoms with Crippen LogP contribution in [0.1, 0.15) is 28.8 Å². The minimum Gasteiger partial charge on any atom is -0.550 e. The number of Topliss-reactive ketones (excluding diaryl/α,β-unsaturated/α-hetero) is 1. The molecule has 18 heavy (non-hydrogen) atoms. The summed E-state index contributed by atoms with van der Waals surface area (Å²) in [5, 5.41) is 10.3. The fraction of sp³-hybridized carbons (Fsp3) is 0.385. The number of ether oxygens (including phenoxy) is 2. The molecule has 0 N–H and O–H groups in total. The van der Waals surface area contributed by atoms with Crippen LogP contribution in [0.15, 0.2) is 12.1 Å². The molecule has 1 aromatic rings. The Morgan fingerprint density at radius 2 is 1.72 bits per heavy atom. The van der Waals surface area contributed by atoms with Gasteiger partial charge in [-0.2, -0.15) is 0 Å². The van der Waals surface area contributed by atoms with Crippen molar-refractivity contribution < 1.29 is 24.2 Å². The van der Waals surface area contributed by atoms with Gasteiger partial charge in [0, 0.05) is 12.4 Å². The second-order valence-electron chi connectivity index (χ2n) is 3.82. The van der Waals surface area contributed by atoms with E-state index in [2.05, 4.69) is 0 Å². The molecule has 0 aliphatic carbocycles. The van der Waals surface area contributed by atoms with E-state index in [0.717, 1.165) is 5.56 Å². The lowest BCUT2D eigenvalue weighted by Crippen LogP contribution is -2.22. The predicted molar refractivity (Wildman–Crippen MR) is 62.9 cm³/mol. The van der Waals surface area contributed by atoms with Gasteiger partial charge in [0.1, 0.15) is 11.5 Å². The first-order chi connectivity index (χ1) is 8.49. The number of carbonyl (C=O) groups is 2. The van der Waals surface area contributed by atoms with Crippen molar-refractivity contribution in [3.05, 3.63) is 23.3 Å². The smallest absolute Gasteiger partial charge is 0.167 e. The number of carbonyl (C=O) groups excluding carboxylic acids is 2. The predicted octanol–water partition coefficient (Wildman–Crippen LogP) is 0.725. The molecule has 0 radical (unpaired) electrons. The molecular formula is C13H15O5-. The van der Waals surface area contributed by atoms with Crippen LogP contribution in [0.25, 0.3) is 0 Å². The van der Waals surface area contributed by atoms with E-state index in [1.165, 1.54) is 14.2 Å². The van der Waals surface area contributed by atoms with Gasteiger partial charge in [0.25, 0.3) is 0 Å². The largest absolute Gasteiger partial charge is 0.550 e.